The summed E-state index contributed by atoms with van der Waals surface area (Å²) < 4.78 is 0. The Kier molecular flexibility index (Phi) is 5.49. The number of rotatable bonds is 2. The number of benzene rings is 1. The standard InChI is InChI=1S/C22H31N3/c1-2-6-12-17(11-5-1)23-21-19-15-9-10-16-20(19)22(25-21)24-18-13-7-3-4-8-14-18/h9-10,15-18H,1-8,11-14H2,(H,23,24,25). The lowest BCUT2D eigenvalue weighted by Crippen LogP contribution is -2.26. The van der Waals surface area contributed by atoms with E-state index in [9.17, 15) is 0 Å². The fourth-order valence-corrected chi connectivity index (χ4v) is 4.49. The SMILES string of the molecule is c1ccc2c(c1)C(=NC1CCCCCC1)NC2=NC1CCCCCC1. The van der Waals surface area contributed by atoms with Crippen LogP contribution in [0.3, 0.4) is 0 Å². The van der Waals surface area contributed by atoms with E-state index >= 15 is 0 Å². The van der Waals surface area contributed by atoms with E-state index in [2.05, 4.69) is 29.6 Å². The molecule has 25 heavy (non-hydrogen) atoms. The summed E-state index contributed by atoms with van der Waals surface area (Å²) in [6.45, 7) is 0. The average Bonchev–Trinajstić information content (AvgIpc) is 2.88. The van der Waals surface area contributed by atoms with Crippen molar-refractivity contribution in [3.8, 4) is 0 Å². The summed E-state index contributed by atoms with van der Waals surface area (Å²) in [6, 6.07) is 9.61. The van der Waals surface area contributed by atoms with E-state index in [4.69, 9.17) is 9.98 Å². The van der Waals surface area contributed by atoms with Gasteiger partial charge in [-0.2, -0.15) is 0 Å². The van der Waals surface area contributed by atoms with Crippen molar-refractivity contribution in [1.29, 1.82) is 0 Å². The molecule has 3 nitrogen and oxygen atoms in total. The zero-order chi connectivity index (χ0) is 16.9. The van der Waals surface area contributed by atoms with Crippen LogP contribution >= 0.6 is 0 Å². The van der Waals surface area contributed by atoms with E-state index in [1.165, 1.54) is 88.2 Å². The first-order chi connectivity index (χ1) is 12.4. The van der Waals surface area contributed by atoms with Crippen LogP contribution in [0.2, 0.25) is 0 Å². The number of nitrogens with one attached hydrogen (secondary N) is 1. The van der Waals surface area contributed by atoms with E-state index < -0.39 is 0 Å². The molecule has 2 fully saturated rings. The average molecular weight is 338 g/mol. The largest absolute Gasteiger partial charge is 0.324 e. The predicted octanol–water partition coefficient (Wildman–Crippen LogP) is 5.23. The van der Waals surface area contributed by atoms with Crippen LogP contribution in [0.4, 0.5) is 0 Å². The fourth-order valence-electron chi connectivity index (χ4n) is 4.49. The molecule has 0 aromatic heterocycles. The summed E-state index contributed by atoms with van der Waals surface area (Å²) in [5.41, 5.74) is 2.50. The van der Waals surface area contributed by atoms with Gasteiger partial charge in [0.15, 0.2) is 0 Å². The number of hydrogen-bond donors (Lipinski definition) is 1. The molecule has 0 bridgehead atoms. The van der Waals surface area contributed by atoms with Crippen molar-refractivity contribution >= 4 is 11.7 Å². The third-order valence-corrected chi connectivity index (χ3v) is 5.95. The normalized spacial score (nSPS) is 26.2. The molecule has 0 amide bonds. The minimum absolute atomic E-state index is 0.482. The number of aliphatic imine (C=N–C) groups is 2. The van der Waals surface area contributed by atoms with E-state index in [0.29, 0.717) is 12.1 Å². The molecule has 2 saturated carbocycles. The summed E-state index contributed by atoms with van der Waals surface area (Å²) in [7, 11) is 0. The Hall–Kier alpha value is -1.64. The molecular weight excluding hydrogens is 306 g/mol. The van der Waals surface area contributed by atoms with Gasteiger partial charge in [0, 0.05) is 11.1 Å². The van der Waals surface area contributed by atoms with Crippen LogP contribution in [0.5, 0.6) is 0 Å². The third-order valence-electron chi connectivity index (χ3n) is 5.95. The second-order valence-electron chi connectivity index (χ2n) is 7.92. The van der Waals surface area contributed by atoms with E-state index in [-0.39, 0.29) is 0 Å². The maximum atomic E-state index is 5.12. The predicted molar refractivity (Wildman–Crippen MR) is 106 cm³/mol. The molecule has 0 saturated heterocycles. The lowest BCUT2D eigenvalue weighted by Gasteiger charge is -2.11. The van der Waals surface area contributed by atoms with Crippen molar-refractivity contribution in [2.24, 2.45) is 9.98 Å². The van der Waals surface area contributed by atoms with Crippen molar-refractivity contribution in [2.75, 3.05) is 0 Å². The first-order valence-electron chi connectivity index (χ1n) is 10.4. The Labute approximate surface area is 152 Å². The van der Waals surface area contributed by atoms with Crippen molar-refractivity contribution in [3.05, 3.63) is 35.4 Å². The lowest BCUT2D eigenvalue weighted by molar-refractivity contribution is 0.582. The number of nitrogens with zero attached hydrogens (tertiary/aromatic N) is 2. The zero-order valence-corrected chi connectivity index (χ0v) is 15.3. The van der Waals surface area contributed by atoms with Crippen molar-refractivity contribution in [2.45, 2.75) is 89.1 Å². The van der Waals surface area contributed by atoms with Crippen molar-refractivity contribution in [1.82, 2.24) is 5.32 Å². The fraction of sp³-hybridized carbons (Fsp3) is 0.636. The van der Waals surface area contributed by atoms with Gasteiger partial charge < -0.3 is 5.32 Å². The Bertz CT molecular complexity index is 575. The zero-order valence-electron chi connectivity index (χ0n) is 15.3. The summed E-state index contributed by atoms with van der Waals surface area (Å²) in [6.07, 6.45) is 15.8. The molecule has 1 aromatic rings. The molecule has 0 spiro atoms. The quantitative estimate of drug-likeness (QED) is 0.737. The summed E-state index contributed by atoms with van der Waals surface area (Å²) >= 11 is 0. The molecule has 1 aromatic carbocycles. The van der Waals surface area contributed by atoms with Crippen LogP contribution < -0.4 is 5.32 Å². The van der Waals surface area contributed by atoms with Gasteiger partial charge >= 0.3 is 0 Å². The first kappa shape index (κ1) is 16.8. The van der Waals surface area contributed by atoms with Gasteiger partial charge in [-0.1, -0.05) is 75.6 Å². The Balaban J connectivity index is 1.58. The summed E-state index contributed by atoms with van der Waals surface area (Å²) in [5, 5.41) is 3.59. The Morgan fingerprint density at radius 2 is 1.00 bits per heavy atom. The highest BCUT2D eigenvalue weighted by atomic mass is 15.1. The molecule has 0 unspecified atom stereocenters. The highest BCUT2D eigenvalue weighted by Crippen LogP contribution is 2.25. The Morgan fingerprint density at radius 3 is 1.40 bits per heavy atom. The highest BCUT2D eigenvalue weighted by Gasteiger charge is 2.25. The lowest BCUT2D eigenvalue weighted by atomic mass is 10.1. The van der Waals surface area contributed by atoms with Crippen LogP contribution in [0.1, 0.15) is 88.2 Å². The molecule has 3 heteroatoms. The van der Waals surface area contributed by atoms with E-state index in [1.807, 2.05) is 0 Å². The van der Waals surface area contributed by atoms with Gasteiger partial charge in [-0.25, -0.2) is 0 Å². The van der Waals surface area contributed by atoms with Gasteiger partial charge in [-0.3, -0.25) is 9.98 Å². The summed E-state index contributed by atoms with van der Waals surface area (Å²) in [4.78, 5) is 10.2. The van der Waals surface area contributed by atoms with Gasteiger partial charge in [0.1, 0.15) is 11.7 Å². The van der Waals surface area contributed by atoms with Crippen molar-refractivity contribution < 1.29 is 0 Å². The van der Waals surface area contributed by atoms with Gasteiger partial charge in [-0.05, 0) is 25.7 Å². The topological polar surface area (TPSA) is 36.8 Å². The van der Waals surface area contributed by atoms with Gasteiger partial charge in [-0.15, -0.1) is 0 Å². The molecule has 2 aliphatic carbocycles. The minimum Gasteiger partial charge on any atom is -0.324 e. The van der Waals surface area contributed by atoms with Crippen LogP contribution in [0.15, 0.2) is 34.3 Å². The van der Waals surface area contributed by atoms with Crippen LogP contribution in [-0.2, 0) is 0 Å². The van der Waals surface area contributed by atoms with Gasteiger partial charge in [0.2, 0.25) is 0 Å². The highest BCUT2D eigenvalue weighted by molar-refractivity contribution is 6.25. The molecule has 3 aliphatic rings. The molecular formula is C22H31N3. The number of hydrogen-bond acceptors (Lipinski definition) is 2. The molecule has 1 N–H and O–H groups in total. The molecule has 134 valence electrons. The molecule has 0 radical (unpaired) electrons. The minimum atomic E-state index is 0.482. The number of fused-ring (bicyclic) bond motifs is 1. The third kappa shape index (κ3) is 4.13. The van der Waals surface area contributed by atoms with E-state index in [1.54, 1.807) is 0 Å². The second kappa shape index (κ2) is 8.16. The van der Waals surface area contributed by atoms with Gasteiger partial charge in [0.25, 0.3) is 0 Å². The second-order valence-corrected chi connectivity index (χ2v) is 7.92. The van der Waals surface area contributed by atoms with Crippen LogP contribution in [-0.4, -0.2) is 23.8 Å². The molecule has 0 atom stereocenters. The maximum absolute atomic E-state index is 5.12. The Morgan fingerprint density at radius 1 is 0.600 bits per heavy atom. The van der Waals surface area contributed by atoms with Crippen LogP contribution in [0.25, 0.3) is 0 Å². The monoisotopic (exact) mass is 337 g/mol. The maximum Gasteiger partial charge on any atom is 0.134 e. The molecule has 1 heterocycles. The molecule has 4 rings (SSSR count). The number of amidine groups is 2. The van der Waals surface area contributed by atoms with Gasteiger partial charge in [0.05, 0.1) is 12.1 Å². The summed E-state index contributed by atoms with van der Waals surface area (Å²) in [5.74, 6) is 2.13. The first-order valence-corrected chi connectivity index (χ1v) is 10.4. The smallest absolute Gasteiger partial charge is 0.134 e. The van der Waals surface area contributed by atoms with E-state index in [0.717, 1.165) is 11.7 Å². The van der Waals surface area contributed by atoms with Crippen molar-refractivity contribution in [3.63, 3.8) is 0 Å². The van der Waals surface area contributed by atoms with Crippen LogP contribution in [0, 0.1) is 0 Å². The molecule has 1 aliphatic heterocycles.